The Morgan fingerprint density at radius 3 is 2.26 bits per heavy atom. The van der Waals surface area contributed by atoms with Crippen molar-refractivity contribution in [1.29, 1.82) is 0 Å². The minimum atomic E-state index is -1.66. The van der Waals surface area contributed by atoms with Gasteiger partial charge in [0.25, 0.3) is 0 Å². The maximum absolute atomic E-state index is 12.4. The minimum Gasteiger partial charge on any atom is -0.394 e. The summed E-state index contributed by atoms with van der Waals surface area (Å²) in [7, 11) is 0. The van der Waals surface area contributed by atoms with E-state index in [1.54, 1.807) is 0 Å². The molecule has 2 bridgehead atoms. The fourth-order valence-electron chi connectivity index (χ4n) is 14.1. The molecule has 4 aliphatic carbocycles. The molecule has 0 amide bonds. The van der Waals surface area contributed by atoms with Crippen LogP contribution in [-0.2, 0) is 28.4 Å². The fraction of sp³-hybridized carbons (Fsp3) is 0.953. The lowest BCUT2D eigenvalue weighted by atomic mass is 9.35. The monoisotopic (exact) mass is 812 g/mol. The molecule has 7 rings (SSSR count). The summed E-state index contributed by atoms with van der Waals surface area (Å²) in [6.07, 6.45) is -4.33. The van der Waals surface area contributed by atoms with E-state index in [2.05, 4.69) is 47.6 Å². The first kappa shape index (κ1) is 44.2. The molecule has 0 aromatic carbocycles. The highest BCUT2D eigenvalue weighted by Crippen LogP contribution is 2.80. The Labute approximate surface area is 337 Å². The lowest BCUT2D eigenvalue weighted by Gasteiger charge is -2.70. The number of rotatable bonds is 12. The van der Waals surface area contributed by atoms with Gasteiger partial charge in [0.1, 0.15) is 36.6 Å². The van der Waals surface area contributed by atoms with E-state index in [0.717, 1.165) is 38.5 Å². The Kier molecular flexibility index (Phi) is 12.0. The summed E-state index contributed by atoms with van der Waals surface area (Å²) in [5.41, 5.74) is -0.346. The molecule has 4 saturated carbocycles. The summed E-state index contributed by atoms with van der Waals surface area (Å²) in [5, 5.41) is 84.9. The molecule has 0 radical (unpaired) electrons. The van der Waals surface area contributed by atoms with Crippen molar-refractivity contribution in [3.8, 4) is 0 Å². The van der Waals surface area contributed by atoms with Crippen LogP contribution in [0.25, 0.3) is 0 Å². The van der Waals surface area contributed by atoms with Crippen molar-refractivity contribution in [2.24, 2.45) is 51.2 Å². The van der Waals surface area contributed by atoms with Crippen LogP contribution in [0.4, 0.5) is 0 Å². The van der Waals surface area contributed by atoms with Crippen LogP contribution in [0.2, 0.25) is 0 Å². The highest BCUT2D eigenvalue weighted by atomic mass is 16.7. The summed E-state index contributed by atoms with van der Waals surface area (Å²) in [6, 6.07) is 0. The number of allylic oxidation sites excluding steroid dienone is 1. The Morgan fingerprint density at radius 2 is 1.61 bits per heavy atom. The molecule has 3 aliphatic heterocycles. The second kappa shape index (κ2) is 15.5. The van der Waals surface area contributed by atoms with Gasteiger partial charge in [-0.3, -0.25) is 0 Å². The van der Waals surface area contributed by atoms with E-state index in [9.17, 15) is 40.9 Å². The third-order valence-electron chi connectivity index (χ3n) is 17.0. The van der Waals surface area contributed by atoms with Gasteiger partial charge < -0.3 is 69.3 Å². The van der Waals surface area contributed by atoms with Crippen molar-refractivity contribution in [3.05, 3.63) is 11.6 Å². The summed E-state index contributed by atoms with van der Waals surface area (Å²) in [6.45, 7) is 16.5. The summed E-state index contributed by atoms with van der Waals surface area (Å²) < 4.78 is 37.4. The molecule has 20 atom stereocenters. The van der Waals surface area contributed by atoms with Gasteiger partial charge in [-0.15, -0.1) is 0 Å². The summed E-state index contributed by atoms with van der Waals surface area (Å²) in [5.74, 6) is -0.00888. The molecule has 328 valence electrons. The summed E-state index contributed by atoms with van der Waals surface area (Å²) >= 11 is 0. The normalized spacial score (nSPS) is 50.8. The molecule has 8 unspecified atom stereocenters. The molecular weight excluding hydrogens is 740 g/mol. The van der Waals surface area contributed by atoms with Crippen molar-refractivity contribution < 1.29 is 69.3 Å². The predicted octanol–water partition coefficient (Wildman–Crippen LogP) is 2.00. The number of aliphatic hydroxyl groups is 8. The first-order valence-electron chi connectivity index (χ1n) is 21.5. The average Bonchev–Trinajstić information content (AvgIpc) is 3.67. The second-order valence-electron chi connectivity index (χ2n) is 20.6. The van der Waals surface area contributed by atoms with E-state index in [4.69, 9.17) is 28.4 Å². The molecule has 0 aromatic rings. The first-order chi connectivity index (χ1) is 26.6. The van der Waals surface area contributed by atoms with Gasteiger partial charge in [-0.05, 0) is 100 Å². The van der Waals surface area contributed by atoms with Crippen molar-refractivity contribution in [1.82, 2.24) is 0 Å². The zero-order valence-corrected chi connectivity index (χ0v) is 35.3. The highest BCUT2D eigenvalue weighted by molar-refractivity contribution is 5.27. The standard InChI is InChI=1S/C43H72O14/c1-22(2)15-24-18-53-43-20-42(21-54-43)25(35(43)41(24,8)51)9-10-30-39(6)13-12-31(38(4,5)29(39)11-14-40(30,42)7)57-36(55-27(16-44)23(3)46)26(47)19-52-37-34(50)33(49)32(48)28(17-45)56-37/h15,23-37,44-51H,9-14,16-21H2,1-8H3/t23-,24-,25?,26-,27?,28?,29?,30?,31-,32+,33?,34-,35?,36-,37+,39-,40+,41?,42-,43+/m0/s1. The van der Waals surface area contributed by atoms with Crippen molar-refractivity contribution in [2.75, 3.05) is 33.0 Å². The molecule has 8 N–H and O–H groups in total. The third kappa shape index (κ3) is 6.83. The molecular formula is C43H72O14. The lowest BCUT2D eigenvalue weighted by Crippen LogP contribution is -2.68. The second-order valence-corrected chi connectivity index (χ2v) is 20.6. The van der Waals surface area contributed by atoms with Crippen LogP contribution in [0.1, 0.15) is 100 Å². The Morgan fingerprint density at radius 1 is 0.895 bits per heavy atom. The van der Waals surface area contributed by atoms with Crippen molar-refractivity contribution in [2.45, 2.75) is 173 Å². The largest absolute Gasteiger partial charge is 0.394 e. The van der Waals surface area contributed by atoms with Gasteiger partial charge in [-0.25, -0.2) is 0 Å². The molecule has 7 fully saturated rings. The molecule has 3 heterocycles. The van der Waals surface area contributed by atoms with E-state index in [0.29, 0.717) is 31.5 Å². The summed E-state index contributed by atoms with van der Waals surface area (Å²) in [4.78, 5) is 0. The molecule has 14 heteroatoms. The predicted molar refractivity (Wildman–Crippen MR) is 205 cm³/mol. The Hall–Kier alpha value is -0.820. The van der Waals surface area contributed by atoms with Crippen LogP contribution in [0.15, 0.2) is 11.6 Å². The quantitative estimate of drug-likeness (QED) is 0.105. The Balaban J connectivity index is 1.10. The smallest absolute Gasteiger partial charge is 0.186 e. The number of hydrogen-bond donors (Lipinski definition) is 8. The SMILES string of the molecule is CC(C)=C[C@H]1CO[C@]23C[C@]4(CO2)C(CCC2[C@@]5(C)CC[C@H](O[C@H](OC(CO)[C@H](C)O)[C@@H](O)CO[C@@H]6OC(CO)[C@@H](O)C(O)[C@@H]6O)C(C)(C)C5CC[C@]24C)C3C1(C)O. The third-order valence-corrected chi connectivity index (χ3v) is 17.0. The Bertz CT molecular complexity index is 1470. The van der Waals surface area contributed by atoms with E-state index in [-0.39, 0.29) is 45.5 Å². The number of aliphatic hydroxyl groups excluding tert-OH is 7. The number of ether oxygens (including phenoxy) is 6. The molecule has 2 spiro atoms. The molecule has 0 aromatic heterocycles. The van der Waals surface area contributed by atoms with Gasteiger partial charge in [0.05, 0.1) is 50.8 Å². The van der Waals surface area contributed by atoms with Crippen LogP contribution >= 0.6 is 0 Å². The molecule has 14 nitrogen and oxygen atoms in total. The fourth-order valence-corrected chi connectivity index (χ4v) is 14.1. The minimum absolute atomic E-state index is 0.0353. The van der Waals surface area contributed by atoms with Gasteiger partial charge in [-0.2, -0.15) is 0 Å². The maximum atomic E-state index is 12.4. The zero-order valence-electron chi connectivity index (χ0n) is 35.3. The first-order valence-corrected chi connectivity index (χ1v) is 21.5. The highest BCUT2D eigenvalue weighted by Gasteiger charge is 2.81. The van der Waals surface area contributed by atoms with Gasteiger partial charge >= 0.3 is 0 Å². The van der Waals surface area contributed by atoms with Gasteiger partial charge in [0.15, 0.2) is 18.4 Å². The zero-order chi connectivity index (χ0) is 41.7. The van der Waals surface area contributed by atoms with E-state index in [1.807, 2.05) is 6.92 Å². The van der Waals surface area contributed by atoms with Gasteiger partial charge in [-0.1, -0.05) is 39.3 Å². The van der Waals surface area contributed by atoms with E-state index in [1.165, 1.54) is 12.5 Å². The van der Waals surface area contributed by atoms with Gasteiger partial charge in [0, 0.05) is 23.7 Å². The van der Waals surface area contributed by atoms with E-state index >= 15 is 0 Å². The number of fused-ring (bicyclic) bond motifs is 4. The molecule has 7 aliphatic rings. The van der Waals surface area contributed by atoms with Crippen LogP contribution in [0.3, 0.4) is 0 Å². The molecule has 3 saturated heterocycles. The average molecular weight is 813 g/mol. The lowest BCUT2D eigenvalue weighted by molar-refractivity contribution is -0.340. The topological polar surface area (TPSA) is 217 Å². The van der Waals surface area contributed by atoms with E-state index < -0.39 is 86.5 Å². The van der Waals surface area contributed by atoms with Crippen LogP contribution in [0.5, 0.6) is 0 Å². The maximum Gasteiger partial charge on any atom is 0.186 e. The van der Waals surface area contributed by atoms with Crippen LogP contribution in [0, 0.1) is 51.2 Å². The van der Waals surface area contributed by atoms with Crippen molar-refractivity contribution in [3.63, 3.8) is 0 Å². The van der Waals surface area contributed by atoms with Crippen LogP contribution in [-0.4, -0.2) is 147 Å². The van der Waals surface area contributed by atoms with Gasteiger partial charge in [0.2, 0.25) is 0 Å². The van der Waals surface area contributed by atoms with Crippen LogP contribution < -0.4 is 0 Å². The van der Waals surface area contributed by atoms with Crippen molar-refractivity contribution >= 4 is 0 Å². The number of hydrogen-bond acceptors (Lipinski definition) is 14. The molecule has 57 heavy (non-hydrogen) atoms.